The summed E-state index contributed by atoms with van der Waals surface area (Å²) in [5.74, 6) is 0.362. The van der Waals surface area contributed by atoms with Crippen molar-refractivity contribution < 1.29 is 4.79 Å². The van der Waals surface area contributed by atoms with E-state index in [1.54, 1.807) is 12.1 Å². The highest BCUT2D eigenvalue weighted by Crippen LogP contribution is 2.34. The third-order valence-electron chi connectivity index (χ3n) is 7.20. The number of aromatic amines is 1. The lowest BCUT2D eigenvalue weighted by molar-refractivity contribution is -0.118. The third kappa shape index (κ3) is 6.44. The van der Waals surface area contributed by atoms with Gasteiger partial charge in [0, 0.05) is 42.3 Å². The van der Waals surface area contributed by atoms with Crippen molar-refractivity contribution >= 4 is 57.4 Å². The Morgan fingerprint density at radius 1 is 1.12 bits per heavy atom. The molecular formula is C29H32Cl3N7O2. The van der Waals surface area contributed by atoms with Gasteiger partial charge in [-0.1, -0.05) is 60.8 Å². The van der Waals surface area contributed by atoms with Crippen LogP contribution in [0.3, 0.4) is 0 Å². The number of piperazine rings is 1. The van der Waals surface area contributed by atoms with Crippen molar-refractivity contribution in [1.82, 2.24) is 30.0 Å². The maximum Gasteiger partial charge on any atom is 0.262 e. The van der Waals surface area contributed by atoms with Gasteiger partial charge in [0.2, 0.25) is 5.91 Å². The van der Waals surface area contributed by atoms with Gasteiger partial charge in [-0.2, -0.15) is 5.10 Å². The van der Waals surface area contributed by atoms with Gasteiger partial charge in [0.15, 0.2) is 5.65 Å². The van der Waals surface area contributed by atoms with E-state index in [9.17, 15) is 9.59 Å². The zero-order valence-electron chi connectivity index (χ0n) is 23.3. The van der Waals surface area contributed by atoms with Crippen molar-refractivity contribution in [3.63, 3.8) is 0 Å². The van der Waals surface area contributed by atoms with Crippen LogP contribution in [0.4, 0.5) is 5.69 Å². The molecule has 3 N–H and O–H groups in total. The third-order valence-corrected chi connectivity index (χ3v) is 8.00. The summed E-state index contributed by atoms with van der Waals surface area (Å²) in [6.45, 7) is 10.2. The first-order valence-electron chi connectivity index (χ1n) is 13.5. The van der Waals surface area contributed by atoms with Gasteiger partial charge < -0.3 is 15.6 Å². The zero-order chi connectivity index (χ0) is 29.4. The molecule has 0 saturated carbocycles. The lowest BCUT2D eigenvalue weighted by atomic mass is 10.1. The molecule has 12 heteroatoms. The molecule has 0 aliphatic carbocycles. The fourth-order valence-electron chi connectivity index (χ4n) is 5.08. The van der Waals surface area contributed by atoms with Crippen LogP contribution in [0.15, 0.2) is 41.2 Å². The molecule has 4 aromatic rings. The van der Waals surface area contributed by atoms with E-state index in [4.69, 9.17) is 39.8 Å². The minimum atomic E-state index is -0.290. The summed E-state index contributed by atoms with van der Waals surface area (Å²) in [5, 5.41) is 12.5. The predicted octanol–water partition coefficient (Wildman–Crippen LogP) is 5.40. The number of fused-ring (bicyclic) bond motifs is 1. The molecule has 0 spiro atoms. The summed E-state index contributed by atoms with van der Waals surface area (Å²) in [6.07, 6.45) is 0.361. The zero-order valence-corrected chi connectivity index (χ0v) is 25.5. The summed E-state index contributed by atoms with van der Waals surface area (Å²) in [6, 6.07) is 11.3. The van der Waals surface area contributed by atoms with Crippen molar-refractivity contribution in [2.24, 2.45) is 0 Å². The number of nitrogens with zero attached hydrogens (tertiary/aromatic N) is 4. The quantitative estimate of drug-likeness (QED) is 0.257. The number of carbonyl (C=O) groups excluding carboxylic acids is 1. The second-order valence-electron chi connectivity index (χ2n) is 10.9. The Morgan fingerprint density at radius 3 is 2.46 bits per heavy atom. The molecule has 1 fully saturated rings. The standard InChI is InChI=1S/C29H32Cl3N7O2/c1-15(2)26-25-28(39(37-26)27-21(31)10-19(30)11-22(27)32)35-23(36-29(25)41)9-18-5-7-20(8-6-18)34-24(40)14-38-13-16(3)33-12-17(38)4/h5-8,10-11,15-17,33H,9,12-14H2,1-4H3,(H,34,40)(H,35,36,41). The molecule has 1 saturated heterocycles. The highest BCUT2D eigenvalue weighted by Gasteiger charge is 2.25. The summed E-state index contributed by atoms with van der Waals surface area (Å²) in [5.41, 5.74) is 2.68. The Bertz CT molecular complexity index is 1630. The molecule has 1 amide bonds. The Labute approximate surface area is 253 Å². The average Bonchev–Trinajstić information content (AvgIpc) is 3.27. The largest absolute Gasteiger partial charge is 0.325 e. The Kier molecular flexibility index (Phi) is 8.73. The van der Waals surface area contributed by atoms with Gasteiger partial charge in [-0.05, 0) is 49.6 Å². The van der Waals surface area contributed by atoms with Crippen LogP contribution < -0.4 is 16.2 Å². The SMILES string of the molecule is CC1CN(CC(=O)Nc2ccc(Cc3nc4c(c(C(C)C)nn4-c4c(Cl)cc(Cl)cc4Cl)c(=O)[nH]3)cc2)C(C)CN1. The second-order valence-corrected chi connectivity index (χ2v) is 12.1. The second kappa shape index (κ2) is 12.1. The number of hydrogen-bond acceptors (Lipinski definition) is 6. The molecule has 0 radical (unpaired) electrons. The van der Waals surface area contributed by atoms with Gasteiger partial charge in [0.25, 0.3) is 5.56 Å². The normalized spacial score (nSPS) is 17.9. The van der Waals surface area contributed by atoms with Crippen molar-refractivity contribution in [3.05, 3.63) is 78.9 Å². The first-order valence-corrected chi connectivity index (χ1v) is 14.7. The van der Waals surface area contributed by atoms with Crippen LogP contribution in [0.25, 0.3) is 16.7 Å². The molecular weight excluding hydrogens is 585 g/mol. The van der Waals surface area contributed by atoms with E-state index < -0.39 is 0 Å². The van der Waals surface area contributed by atoms with Gasteiger partial charge in [0.1, 0.15) is 16.9 Å². The van der Waals surface area contributed by atoms with Crippen molar-refractivity contribution in [2.45, 2.75) is 52.1 Å². The van der Waals surface area contributed by atoms with Gasteiger partial charge in [0.05, 0.1) is 22.3 Å². The van der Waals surface area contributed by atoms with Crippen molar-refractivity contribution in [3.8, 4) is 5.69 Å². The number of carbonyl (C=O) groups is 1. The number of H-pyrrole nitrogens is 1. The molecule has 1 aliphatic heterocycles. The van der Waals surface area contributed by atoms with E-state index in [2.05, 4.69) is 39.5 Å². The van der Waals surface area contributed by atoms with Gasteiger partial charge in [-0.3, -0.25) is 14.5 Å². The number of benzene rings is 2. The lowest BCUT2D eigenvalue weighted by Gasteiger charge is -2.36. The van der Waals surface area contributed by atoms with Gasteiger partial charge in [-0.15, -0.1) is 0 Å². The fraction of sp³-hybridized carbons (Fsp3) is 0.379. The smallest absolute Gasteiger partial charge is 0.262 e. The van der Waals surface area contributed by atoms with Crippen molar-refractivity contribution in [1.29, 1.82) is 0 Å². The Morgan fingerprint density at radius 2 is 1.80 bits per heavy atom. The monoisotopic (exact) mass is 615 g/mol. The maximum absolute atomic E-state index is 13.3. The molecule has 1 aliphatic rings. The van der Waals surface area contributed by atoms with E-state index in [0.29, 0.717) is 74.0 Å². The van der Waals surface area contributed by atoms with Crippen LogP contribution >= 0.6 is 34.8 Å². The average molecular weight is 617 g/mol. The highest BCUT2D eigenvalue weighted by molar-refractivity contribution is 6.40. The number of amides is 1. The van der Waals surface area contributed by atoms with Crippen LogP contribution in [0.1, 0.15) is 50.7 Å². The number of rotatable bonds is 7. The van der Waals surface area contributed by atoms with Gasteiger partial charge >= 0.3 is 0 Å². The predicted molar refractivity (Wildman–Crippen MR) is 165 cm³/mol. The fourth-order valence-corrected chi connectivity index (χ4v) is 6.06. The van der Waals surface area contributed by atoms with E-state index in [1.165, 1.54) is 4.68 Å². The molecule has 2 aromatic heterocycles. The molecule has 216 valence electrons. The molecule has 5 rings (SSSR count). The number of aromatic nitrogens is 4. The summed E-state index contributed by atoms with van der Waals surface area (Å²) < 4.78 is 1.52. The summed E-state index contributed by atoms with van der Waals surface area (Å²) >= 11 is 19.1. The maximum atomic E-state index is 13.3. The number of nitrogens with one attached hydrogen (secondary N) is 3. The molecule has 9 nitrogen and oxygen atoms in total. The number of halogens is 3. The van der Waals surface area contributed by atoms with Gasteiger partial charge in [-0.25, -0.2) is 9.67 Å². The Hall–Kier alpha value is -2.95. The minimum Gasteiger partial charge on any atom is -0.325 e. The number of anilines is 1. The molecule has 2 aromatic carbocycles. The molecule has 0 bridgehead atoms. The first kappa shape index (κ1) is 29.5. The topological polar surface area (TPSA) is 108 Å². The number of hydrogen-bond donors (Lipinski definition) is 3. The van der Waals surface area contributed by atoms with Crippen LogP contribution in [-0.2, 0) is 11.2 Å². The van der Waals surface area contributed by atoms with Crippen LogP contribution in [0.5, 0.6) is 0 Å². The van der Waals surface area contributed by atoms with E-state index in [-0.39, 0.29) is 17.4 Å². The molecule has 3 heterocycles. The summed E-state index contributed by atoms with van der Waals surface area (Å²) in [7, 11) is 0. The van der Waals surface area contributed by atoms with Crippen LogP contribution in [-0.4, -0.2) is 62.3 Å². The molecule has 2 unspecified atom stereocenters. The molecule has 41 heavy (non-hydrogen) atoms. The minimum absolute atomic E-state index is 0.0432. The summed E-state index contributed by atoms with van der Waals surface area (Å²) in [4.78, 5) is 35.8. The van der Waals surface area contributed by atoms with Crippen LogP contribution in [0.2, 0.25) is 15.1 Å². The van der Waals surface area contributed by atoms with E-state index in [0.717, 1.165) is 18.7 Å². The Balaban J connectivity index is 1.39. The van der Waals surface area contributed by atoms with E-state index >= 15 is 0 Å². The first-order chi connectivity index (χ1) is 19.5. The lowest BCUT2D eigenvalue weighted by Crippen LogP contribution is -2.55. The highest BCUT2D eigenvalue weighted by atomic mass is 35.5. The van der Waals surface area contributed by atoms with Crippen LogP contribution in [0, 0.1) is 0 Å². The molecule has 2 atom stereocenters. The van der Waals surface area contributed by atoms with E-state index in [1.807, 2.05) is 38.1 Å². The van der Waals surface area contributed by atoms with Crippen molar-refractivity contribution in [2.75, 3.05) is 25.0 Å².